The van der Waals surface area contributed by atoms with Gasteiger partial charge in [-0.05, 0) is 47.7 Å². The summed E-state index contributed by atoms with van der Waals surface area (Å²) >= 11 is 3.40. The Morgan fingerprint density at radius 1 is 1.21 bits per heavy atom. The molecule has 1 aliphatic carbocycles. The van der Waals surface area contributed by atoms with Crippen LogP contribution >= 0.6 is 15.9 Å². The Morgan fingerprint density at radius 3 is 2.38 bits per heavy atom. The van der Waals surface area contributed by atoms with E-state index < -0.39 is 6.43 Å². The number of carbonyl (C=O) groups is 2. The average molecular weight is 469 g/mol. The molecule has 0 saturated heterocycles. The molecule has 9 heteroatoms. The molecule has 1 saturated carbocycles. The summed E-state index contributed by atoms with van der Waals surface area (Å²) in [6.07, 6.45) is 0.0161. The Morgan fingerprint density at radius 2 is 1.83 bits per heavy atom. The van der Waals surface area contributed by atoms with Gasteiger partial charge in [0.1, 0.15) is 5.69 Å². The van der Waals surface area contributed by atoms with Gasteiger partial charge in [-0.3, -0.25) is 14.3 Å². The van der Waals surface area contributed by atoms with Crippen LogP contribution in [0.1, 0.15) is 53.0 Å². The molecular weight excluding hydrogens is 446 g/mol. The van der Waals surface area contributed by atoms with Gasteiger partial charge in [0, 0.05) is 24.7 Å². The number of hydrogen-bond donors (Lipinski definition) is 2. The summed E-state index contributed by atoms with van der Waals surface area (Å²) in [5.74, 6) is -0.438. The molecule has 29 heavy (non-hydrogen) atoms. The van der Waals surface area contributed by atoms with E-state index >= 15 is 0 Å². The van der Waals surface area contributed by atoms with E-state index in [1.807, 2.05) is 6.92 Å². The summed E-state index contributed by atoms with van der Waals surface area (Å²) in [4.78, 5) is 25.1. The first-order valence-corrected chi connectivity index (χ1v) is 10.2. The molecule has 3 rings (SSSR count). The SMILES string of the molecule is Cc1nn(C)c(C(=O)N[C@@H]2CCC[C@@H]2NC(=O)Cc2ccc(C(F)F)cc2)c1Br. The number of hydrogen-bond acceptors (Lipinski definition) is 3. The van der Waals surface area contributed by atoms with E-state index in [1.165, 1.54) is 28.9 Å². The van der Waals surface area contributed by atoms with E-state index in [4.69, 9.17) is 0 Å². The van der Waals surface area contributed by atoms with Crippen molar-refractivity contribution in [2.24, 2.45) is 7.05 Å². The van der Waals surface area contributed by atoms with Gasteiger partial charge in [0.15, 0.2) is 0 Å². The van der Waals surface area contributed by atoms with Gasteiger partial charge in [0.25, 0.3) is 12.3 Å². The first-order chi connectivity index (χ1) is 13.8. The van der Waals surface area contributed by atoms with Crippen molar-refractivity contribution in [2.45, 2.75) is 51.1 Å². The van der Waals surface area contributed by atoms with Crippen LogP contribution in [-0.4, -0.2) is 33.7 Å². The van der Waals surface area contributed by atoms with Crippen LogP contribution in [0, 0.1) is 6.92 Å². The molecule has 1 heterocycles. The molecule has 2 N–H and O–H groups in total. The number of halogens is 3. The topological polar surface area (TPSA) is 76.0 Å². The first-order valence-electron chi connectivity index (χ1n) is 9.42. The second-order valence-electron chi connectivity index (χ2n) is 7.28. The molecule has 2 atom stereocenters. The fourth-order valence-electron chi connectivity index (χ4n) is 3.65. The zero-order valence-electron chi connectivity index (χ0n) is 16.2. The molecule has 1 aromatic heterocycles. The highest BCUT2D eigenvalue weighted by Gasteiger charge is 2.31. The Hall–Kier alpha value is -2.29. The van der Waals surface area contributed by atoms with Crippen molar-refractivity contribution in [2.75, 3.05) is 0 Å². The number of nitrogens with one attached hydrogen (secondary N) is 2. The normalized spacial score (nSPS) is 18.8. The summed E-state index contributed by atoms with van der Waals surface area (Å²) in [6.45, 7) is 1.81. The van der Waals surface area contributed by atoms with Crippen molar-refractivity contribution in [1.29, 1.82) is 0 Å². The Balaban J connectivity index is 1.59. The monoisotopic (exact) mass is 468 g/mol. The summed E-state index contributed by atoms with van der Waals surface area (Å²) in [6, 6.07) is 5.41. The molecule has 0 radical (unpaired) electrons. The Kier molecular flexibility index (Phi) is 6.66. The Labute approximate surface area is 176 Å². The van der Waals surface area contributed by atoms with Gasteiger partial charge in [-0.2, -0.15) is 5.10 Å². The van der Waals surface area contributed by atoms with Crippen molar-refractivity contribution in [3.63, 3.8) is 0 Å². The largest absolute Gasteiger partial charge is 0.351 e. The molecule has 2 aromatic rings. The number of benzene rings is 1. The lowest BCUT2D eigenvalue weighted by Crippen LogP contribution is -2.49. The predicted octanol–water partition coefficient (Wildman–Crippen LogP) is 3.44. The van der Waals surface area contributed by atoms with Crippen LogP contribution in [0.3, 0.4) is 0 Å². The molecule has 0 aliphatic heterocycles. The molecule has 156 valence electrons. The molecule has 6 nitrogen and oxygen atoms in total. The van der Waals surface area contributed by atoms with Gasteiger partial charge in [-0.1, -0.05) is 24.3 Å². The highest BCUT2D eigenvalue weighted by Crippen LogP contribution is 2.23. The number of carbonyl (C=O) groups excluding carboxylic acids is 2. The van der Waals surface area contributed by atoms with Crippen LogP contribution in [0.4, 0.5) is 8.78 Å². The number of alkyl halides is 2. The Bertz CT molecular complexity index is 899. The number of amides is 2. The maximum Gasteiger partial charge on any atom is 0.271 e. The minimum absolute atomic E-state index is 0.0655. The van der Waals surface area contributed by atoms with Crippen LogP contribution in [-0.2, 0) is 18.3 Å². The fourth-order valence-corrected chi connectivity index (χ4v) is 4.16. The quantitative estimate of drug-likeness (QED) is 0.681. The van der Waals surface area contributed by atoms with Crippen LogP contribution in [0.5, 0.6) is 0 Å². The molecule has 2 amide bonds. The molecule has 1 aromatic carbocycles. The van der Waals surface area contributed by atoms with Crippen molar-refractivity contribution in [3.05, 3.63) is 51.3 Å². The molecule has 0 spiro atoms. The highest BCUT2D eigenvalue weighted by atomic mass is 79.9. The minimum atomic E-state index is -2.52. The van der Waals surface area contributed by atoms with Gasteiger partial charge in [0.2, 0.25) is 5.91 Å². The maximum absolute atomic E-state index is 12.7. The van der Waals surface area contributed by atoms with Crippen LogP contribution in [0.25, 0.3) is 0 Å². The average Bonchev–Trinajstić information content (AvgIpc) is 3.18. The van der Waals surface area contributed by atoms with Crippen molar-refractivity contribution >= 4 is 27.7 Å². The highest BCUT2D eigenvalue weighted by molar-refractivity contribution is 9.10. The van der Waals surface area contributed by atoms with Crippen LogP contribution < -0.4 is 10.6 Å². The van der Waals surface area contributed by atoms with Gasteiger partial charge in [-0.15, -0.1) is 0 Å². The van der Waals surface area contributed by atoms with E-state index in [0.717, 1.165) is 25.0 Å². The summed E-state index contributed by atoms with van der Waals surface area (Å²) in [5, 5.41) is 10.2. The van der Waals surface area contributed by atoms with Gasteiger partial charge < -0.3 is 10.6 Å². The van der Waals surface area contributed by atoms with Crippen molar-refractivity contribution in [1.82, 2.24) is 20.4 Å². The molecule has 1 aliphatic rings. The third kappa shape index (κ3) is 5.01. The number of rotatable bonds is 6. The van der Waals surface area contributed by atoms with Crippen LogP contribution in [0.15, 0.2) is 28.7 Å². The van der Waals surface area contributed by atoms with Crippen LogP contribution in [0.2, 0.25) is 0 Å². The third-order valence-electron chi connectivity index (χ3n) is 5.14. The van der Waals surface area contributed by atoms with E-state index in [-0.39, 0.29) is 35.9 Å². The zero-order chi connectivity index (χ0) is 21.1. The zero-order valence-corrected chi connectivity index (χ0v) is 17.8. The number of aromatic nitrogens is 2. The number of aryl methyl sites for hydroxylation is 2. The van der Waals surface area contributed by atoms with E-state index in [0.29, 0.717) is 15.7 Å². The second kappa shape index (κ2) is 9.02. The smallest absolute Gasteiger partial charge is 0.271 e. The van der Waals surface area contributed by atoms with E-state index in [2.05, 4.69) is 31.7 Å². The van der Waals surface area contributed by atoms with E-state index in [1.54, 1.807) is 7.05 Å². The molecule has 1 fully saturated rings. The minimum Gasteiger partial charge on any atom is -0.351 e. The summed E-state index contributed by atoms with van der Waals surface area (Å²) in [7, 11) is 1.71. The van der Waals surface area contributed by atoms with Crippen molar-refractivity contribution in [3.8, 4) is 0 Å². The standard InChI is InChI=1S/C20H23BrF2N4O2/c1-11-17(21)18(27(2)26-11)20(29)25-15-5-3-4-14(15)24-16(28)10-12-6-8-13(9-7-12)19(22)23/h6-9,14-15,19H,3-5,10H2,1-2H3,(H,24,28)(H,25,29)/t14-,15+/m0/s1. The second-order valence-corrected chi connectivity index (χ2v) is 8.07. The third-order valence-corrected chi connectivity index (χ3v) is 6.09. The maximum atomic E-state index is 12.7. The fraction of sp³-hybridized carbons (Fsp3) is 0.450. The molecule has 0 bridgehead atoms. The lowest BCUT2D eigenvalue weighted by molar-refractivity contribution is -0.121. The summed E-state index contributed by atoms with van der Waals surface area (Å²) in [5.41, 5.74) is 1.77. The number of nitrogens with zero attached hydrogens (tertiary/aromatic N) is 2. The predicted molar refractivity (Wildman–Crippen MR) is 108 cm³/mol. The molecular formula is C20H23BrF2N4O2. The first kappa shape index (κ1) is 21.4. The van der Waals surface area contributed by atoms with Gasteiger partial charge >= 0.3 is 0 Å². The van der Waals surface area contributed by atoms with Gasteiger partial charge in [0.05, 0.1) is 16.6 Å². The lowest BCUT2D eigenvalue weighted by Gasteiger charge is -2.22. The molecule has 0 unspecified atom stereocenters. The van der Waals surface area contributed by atoms with Crippen molar-refractivity contribution < 1.29 is 18.4 Å². The summed E-state index contributed by atoms with van der Waals surface area (Å²) < 4.78 is 27.4. The lowest BCUT2D eigenvalue weighted by atomic mass is 10.1. The van der Waals surface area contributed by atoms with Gasteiger partial charge in [-0.25, -0.2) is 8.78 Å². The van der Waals surface area contributed by atoms with E-state index in [9.17, 15) is 18.4 Å².